The van der Waals surface area contributed by atoms with Crippen LogP contribution in [0.5, 0.6) is 11.5 Å². The maximum atomic E-state index is 12.9. The van der Waals surface area contributed by atoms with Gasteiger partial charge in [0.25, 0.3) is 11.5 Å². The third-order valence-corrected chi connectivity index (χ3v) is 4.70. The molecular formula is C18H20ClN7O5. The summed E-state index contributed by atoms with van der Waals surface area (Å²) in [5.74, 6) is 0.282. The summed E-state index contributed by atoms with van der Waals surface area (Å²) in [5, 5.41) is 17.5. The number of nitrogens with one attached hydrogen (secondary N) is 1. The summed E-state index contributed by atoms with van der Waals surface area (Å²) in [5.41, 5.74) is -0.137. The molecule has 0 saturated heterocycles. The van der Waals surface area contributed by atoms with Crippen LogP contribution in [0.2, 0.25) is 5.02 Å². The molecule has 2 aromatic heterocycles. The van der Waals surface area contributed by atoms with Gasteiger partial charge in [-0.15, -0.1) is 0 Å². The van der Waals surface area contributed by atoms with Gasteiger partial charge in [-0.1, -0.05) is 22.8 Å². The lowest BCUT2D eigenvalue weighted by atomic mass is 10.1. The number of benzene rings is 1. The molecule has 3 rings (SSSR count). The fourth-order valence-electron chi connectivity index (χ4n) is 2.78. The molecule has 164 valence electrons. The maximum Gasteiger partial charge on any atom is 0.280 e. The van der Waals surface area contributed by atoms with Crippen molar-refractivity contribution in [1.82, 2.24) is 30.0 Å². The number of rotatable bonds is 8. The molecule has 0 spiro atoms. The van der Waals surface area contributed by atoms with E-state index in [4.69, 9.17) is 25.8 Å². The second kappa shape index (κ2) is 9.53. The van der Waals surface area contributed by atoms with Gasteiger partial charge < -0.3 is 14.2 Å². The summed E-state index contributed by atoms with van der Waals surface area (Å²) >= 11 is 6.46. The number of amides is 1. The normalized spacial score (nSPS) is 10.7. The minimum Gasteiger partial charge on any atom is -0.493 e. The van der Waals surface area contributed by atoms with Crippen molar-refractivity contribution in [1.29, 1.82) is 0 Å². The Morgan fingerprint density at radius 2 is 1.94 bits per heavy atom. The van der Waals surface area contributed by atoms with Crippen molar-refractivity contribution in [3.8, 4) is 22.6 Å². The largest absolute Gasteiger partial charge is 0.493 e. The summed E-state index contributed by atoms with van der Waals surface area (Å²) in [6.07, 6.45) is 0. The number of tetrazole rings is 1. The van der Waals surface area contributed by atoms with Crippen LogP contribution in [0.25, 0.3) is 11.1 Å². The van der Waals surface area contributed by atoms with Gasteiger partial charge in [-0.2, -0.15) is 5.10 Å². The monoisotopic (exact) mass is 449 g/mol. The van der Waals surface area contributed by atoms with Crippen LogP contribution in [-0.2, 0) is 18.3 Å². The Balaban J connectivity index is 2.02. The molecular weight excluding hydrogens is 430 g/mol. The molecule has 0 aliphatic rings. The number of aromatic nitrogens is 6. The fourth-order valence-corrected chi connectivity index (χ4v) is 3.10. The topological polar surface area (TPSA) is 135 Å². The number of ether oxygens (including phenoxy) is 3. The van der Waals surface area contributed by atoms with Gasteiger partial charge in [-0.3, -0.25) is 14.9 Å². The zero-order valence-electron chi connectivity index (χ0n) is 17.2. The van der Waals surface area contributed by atoms with Crippen LogP contribution in [0.4, 0.5) is 5.95 Å². The number of carbonyl (C=O) groups excluding carboxylic acids is 1. The molecule has 1 N–H and O–H groups in total. The first-order valence-electron chi connectivity index (χ1n) is 8.96. The summed E-state index contributed by atoms with van der Waals surface area (Å²) in [7, 11) is 5.92. The molecule has 0 saturated carbocycles. The number of hydrogen-bond acceptors (Lipinski definition) is 9. The number of aryl methyl sites for hydroxylation is 1. The average molecular weight is 450 g/mol. The van der Waals surface area contributed by atoms with Crippen LogP contribution in [0.3, 0.4) is 0 Å². The first-order chi connectivity index (χ1) is 14.9. The number of halogens is 1. The van der Waals surface area contributed by atoms with Crippen molar-refractivity contribution in [2.75, 3.05) is 33.3 Å². The van der Waals surface area contributed by atoms with Gasteiger partial charge in [0.1, 0.15) is 0 Å². The third-order valence-electron chi connectivity index (χ3n) is 4.34. The number of carbonyl (C=O) groups is 1. The summed E-state index contributed by atoms with van der Waals surface area (Å²) in [6.45, 7) is 0.667. The molecule has 0 bridgehead atoms. The Morgan fingerprint density at radius 1 is 1.19 bits per heavy atom. The number of nitrogens with zero attached hydrogens (tertiary/aromatic N) is 6. The molecule has 1 amide bonds. The lowest BCUT2D eigenvalue weighted by molar-refractivity contribution is 0.101. The Kier molecular flexibility index (Phi) is 6.82. The number of hydrogen-bond donors (Lipinski definition) is 1. The molecule has 0 radical (unpaired) electrons. The molecule has 2 heterocycles. The molecule has 3 aromatic rings. The second-order valence-corrected chi connectivity index (χ2v) is 6.59. The minimum absolute atomic E-state index is 0.0847. The molecule has 0 aliphatic heterocycles. The highest BCUT2D eigenvalue weighted by molar-refractivity contribution is 6.36. The first-order valence-corrected chi connectivity index (χ1v) is 9.34. The molecule has 0 fully saturated rings. The summed E-state index contributed by atoms with van der Waals surface area (Å²) in [6, 6.07) is 4.86. The quantitative estimate of drug-likeness (QED) is 0.534. The van der Waals surface area contributed by atoms with Crippen molar-refractivity contribution < 1.29 is 19.0 Å². The van der Waals surface area contributed by atoms with E-state index >= 15 is 0 Å². The molecule has 0 atom stereocenters. The molecule has 0 aliphatic carbocycles. The standard InChI is InChI=1S/C18H20ClN7O5/c1-25-17(28)13(10-5-6-11(30-3)12(9-10)31-4)14(19)15(22-25)16(27)20-18-21-23-24-26(18)7-8-29-2/h5-6,9H,7-8H2,1-4H3,(H,20,21,24,27). The molecule has 13 heteroatoms. The fraction of sp³-hybridized carbons (Fsp3) is 0.333. The molecule has 31 heavy (non-hydrogen) atoms. The van der Waals surface area contributed by atoms with Gasteiger partial charge in [-0.05, 0) is 28.1 Å². The van der Waals surface area contributed by atoms with E-state index in [1.807, 2.05) is 0 Å². The van der Waals surface area contributed by atoms with Gasteiger partial charge in [0, 0.05) is 14.2 Å². The lowest BCUT2D eigenvalue weighted by Crippen LogP contribution is -2.28. The first kappa shape index (κ1) is 22.2. The lowest BCUT2D eigenvalue weighted by Gasteiger charge is -2.13. The van der Waals surface area contributed by atoms with Crippen LogP contribution in [0, 0.1) is 0 Å². The van der Waals surface area contributed by atoms with Crippen molar-refractivity contribution in [3.05, 3.63) is 39.3 Å². The zero-order valence-corrected chi connectivity index (χ0v) is 18.0. The van der Waals surface area contributed by atoms with Gasteiger partial charge in [0.05, 0.1) is 38.0 Å². The van der Waals surface area contributed by atoms with Crippen molar-refractivity contribution in [2.45, 2.75) is 6.54 Å². The van der Waals surface area contributed by atoms with E-state index in [0.29, 0.717) is 30.2 Å². The van der Waals surface area contributed by atoms with E-state index in [-0.39, 0.29) is 22.2 Å². The molecule has 0 unspecified atom stereocenters. The van der Waals surface area contributed by atoms with Crippen LogP contribution < -0.4 is 20.3 Å². The van der Waals surface area contributed by atoms with E-state index < -0.39 is 11.5 Å². The van der Waals surface area contributed by atoms with Crippen LogP contribution in [0.15, 0.2) is 23.0 Å². The highest BCUT2D eigenvalue weighted by Gasteiger charge is 2.23. The Bertz CT molecular complexity index is 1160. The van der Waals surface area contributed by atoms with Gasteiger partial charge >= 0.3 is 0 Å². The third kappa shape index (κ3) is 4.49. The molecule has 12 nitrogen and oxygen atoms in total. The number of methoxy groups -OCH3 is 3. The predicted molar refractivity (Wildman–Crippen MR) is 111 cm³/mol. The van der Waals surface area contributed by atoms with Crippen molar-refractivity contribution in [2.24, 2.45) is 7.05 Å². The highest BCUT2D eigenvalue weighted by atomic mass is 35.5. The van der Waals surface area contributed by atoms with E-state index in [1.54, 1.807) is 18.2 Å². The van der Waals surface area contributed by atoms with E-state index in [1.165, 1.54) is 33.1 Å². The SMILES string of the molecule is COCCn1nnnc1NC(=O)c1nn(C)c(=O)c(-c2ccc(OC)c(OC)c2)c1Cl. The van der Waals surface area contributed by atoms with Crippen LogP contribution in [0.1, 0.15) is 10.5 Å². The van der Waals surface area contributed by atoms with E-state index in [9.17, 15) is 9.59 Å². The van der Waals surface area contributed by atoms with Crippen LogP contribution in [-0.4, -0.2) is 63.8 Å². The highest BCUT2D eigenvalue weighted by Crippen LogP contribution is 2.34. The second-order valence-electron chi connectivity index (χ2n) is 6.21. The van der Waals surface area contributed by atoms with Gasteiger partial charge in [-0.25, -0.2) is 9.36 Å². The Hall–Kier alpha value is -3.51. The van der Waals surface area contributed by atoms with Gasteiger partial charge in [0.2, 0.25) is 5.95 Å². The zero-order chi connectivity index (χ0) is 22.5. The van der Waals surface area contributed by atoms with E-state index in [2.05, 4.69) is 25.9 Å². The Labute approximate surface area is 181 Å². The van der Waals surface area contributed by atoms with Crippen molar-refractivity contribution in [3.63, 3.8) is 0 Å². The van der Waals surface area contributed by atoms with E-state index in [0.717, 1.165) is 4.68 Å². The molecule has 1 aromatic carbocycles. The van der Waals surface area contributed by atoms with Crippen LogP contribution >= 0.6 is 11.6 Å². The van der Waals surface area contributed by atoms with Gasteiger partial charge in [0.15, 0.2) is 17.2 Å². The number of anilines is 1. The average Bonchev–Trinajstić information content (AvgIpc) is 3.21. The Morgan fingerprint density at radius 3 is 2.61 bits per heavy atom. The summed E-state index contributed by atoms with van der Waals surface area (Å²) < 4.78 is 17.9. The maximum absolute atomic E-state index is 12.9. The smallest absolute Gasteiger partial charge is 0.280 e. The summed E-state index contributed by atoms with van der Waals surface area (Å²) in [4.78, 5) is 25.6. The van der Waals surface area contributed by atoms with Crippen molar-refractivity contribution >= 4 is 23.5 Å². The minimum atomic E-state index is -0.684. The predicted octanol–water partition coefficient (Wildman–Crippen LogP) is 1.00.